The second kappa shape index (κ2) is 48.4. The van der Waals surface area contributed by atoms with E-state index in [1.165, 1.54) is 64.2 Å². The highest BCUT2D eigenvalue weighted by Crippen LogP contribution is 2.45. The van der Waals surface area contributed by atoms with Crippen molar-refractivity contribution in [3.8, 4) is 0 Å². The van der Waals surface area contributed by atoms with Gasteiger partial charge in [-0.1, -0.05) is 208 Å². The van der Waals surface area contributed by atoms with E-state index in [0.717, 1.165) is 109 Å². The van der Waals surface area contributed by atoms with E-state index in [-0.39, 0.29) is 25.7 Å². The maximum absolute atomic E-state index is 12.8. The van der Waals surface area contributed by atoms with Crippen molar-refractivity contribution in [2.24, 2.45) is 5.92 Å². The smallest absolute Gasteiger partial charge is 0.462 e. The van der Waals surface area contributed by atoms with Gasteiger partial charge in [-0.05, 0) is 31.6 Å². The van der Waals surface area contributed by atoms with Crippen LogP contribution in [0.15, 0.2) is 0 Å². The molecule has 5 atom stereocenters. The number of ether oxygens (including phenoxy) is 4. The summed E-state index contributed by atoms with van der Waals surface area (Å²) >= 11 is 0. The second-order valence-electron chi connectivity index (χ2n) is 20.1. The fraction of sp³-hybridized carbons (Fsp3) is 0.926. The Morgan fingerprint density at radius 3 is 0.932 bits per heavy atom. The molecule has 0 aliphatic heterocycles. The molecule has 0 aliphatic carbocycles. The first-order valence-electron chi connectivity index (χ1n) is 28.6. The van der Waals surface area contributed by atoms with Crippen molar-refractivity contribution in [2.45, 2.75) is 278 Å². The highest BCUT2D eigenvalue weighted by molar-refractivity contribution is 7.47. The van der Waals surface area contributed by atoms with Crippen LogP contribution >= 0.6 is 15.6 Å². The van der Waals surface area contributed by atoms with E-state index in [4.69, 9.17) is 37.0 Å². The summed E-state index contributed by atoms with van der Waals surface area (Å²) in [6.45, 7) is 6.94. The number of esters is 4. The molecule has 17 nitrogen and oxygen atoms in total. The summed E-state index contributed by atoms with van der Waals surface area (Å²) in [6.07, 6.45) is 28.3. The van der Waals surface area contributed by atoms with E-state index in [1.807, 2.05) is 0 Å². The molecule has 0 aromatic heterocycles. The third-order valence-electron chi connectivity index (χ3n) is 12.3. The van der Waals surface area contributed by atoms with Crippen molar-refractivity contribution in [2.75, 3.05) is 39.6 Å². The van der Waals surface area contributed by atoms with Crippen molar-refractivity contribution < 1.29 is 80.2 Å². The molecule has 0 spiro atoms. The third kappa shape index (κ3) is 49.4. The van der Waals surface area contributed by atoms with E-state index >= 15 is 0 Å². The van der Waals surface area contributed by atoms with Crippen LogP contribution in [-0.4, -0.2) is 96.7 Å². The number of carbonyl (C=O) groups is 4. The minimum Gasteiger partial charge on any atom is -0.462 e. The SMILES string of the molecule is CCCCCCCCCCC(=O)OC[C@H](COP(=O)(O)OC[C@H](O)COP(=O)(O)OC[C@@H](COC(=O)CCCCCCCCCC)OC(=O)CCCCCCCCC(C)C)OC(=O)CCCCCCCCCC. The quantitative estimate of drug-likeness (QED) is 0.0222. The van der Waals surface area contributed by atoms with Crippen molar-refractivity contribution in [3.63, 3.8) is 0 Å². The molecule has 0 bridgehead atoms. The van der Waals surface area contributed by atoms with Gasteiger partial charge in [0.05, 0.1) is 26.4 Å². The number of hydrogen-bond acceptors (Lipinski definition) is 15. The van der Waals surface area contributed by atoms with Crippen molar-refractivity contribution in [3.05, 3.63) is 0 Å². The Morgan fingerprint density at radius 2 is 0.630 bits per heavy atom. The summed E-state index contributed by atoms with van der Waals surface area (Å²) in [4.78, 5) is 71.4. The van der Waals surface area contributed by atoms with Gasteiger partial charge in [-0.15, -0.1) is 0 Å². The molecule has 19 heteroatoms. The maximum Gasteiger partial charge on any atom is 0.472 e. The zero-order chi connectivity index (χ0) is 54.3. The zero-order valence-electron chi connectivity index (χ0n) is 46.3. The van der Waals surface area contributed by atoms with Gasteiger partial charge in [-0.25, -0.2) is 9.13 Å². The van der Waals surface area contributed by atoms with Crippen molar-refractivity contribution in [1.82, 2.24) is 0 Å². The first-order valence-corrected chi connectivity index (χ1v) is 31.6. The topological polar surface area (TPSA) is 237 Å². The monoisotopic (exact) mass is 1090 g/mol. The molecule has 432 valence electrons. The Balaban J connectivity index is 5.20. The average Bonchev–Trinajstić information content (AvgIpc) is 3.35. The van der Waals surface area contributed by atoms with Crippen LogP contribution in [0.5, 0.6) is 0 Å². The zero-order valence-corrected chi connectivity index (χ0v) is 48.0. The average molecular weight is 1090 g/mol. The van der Waals surface area contributed by atoms with Crippen molar-refractivity contribution in [1.29, 1.82) is 0 Å². The van der Waals surface area contributed by atoms with Crippen LogP contribution in [0, 0.1) is 5.92 Å². The van der Waals surface area contributed by atoms with Crippen LogP contribution < -0.4 is 0 Å². The summed E-state index contributed by atoms with van der Waals surface area (Å²) in [5.41, 5.74) is 0. The Kier molecular flexibility index (Phi) is 47.1. The summed E-state index contributed by atoms with van der Waals surface area (Å²) in [5.74, 6) is -1.49. The molecule has 2 unspecified atom stereocenters. The number of aliphatic hydroxyl groups is 1. The van der Waals surface area contributed by atoms with Crippen LogP contribution in [0.4, 0.5) is 0 Å². The predicted octanol–water partition coefficient (Wildman–Crippen LogP) is 13.9. The fourth-order valence-corrected chi connectivity index (χ4v) is 9.39. The highest BCUT2D eigenvalue weighted by atomic mass is 31.2. The lowest BCUT2D eigenvalue weighted by Crippen LogP contribution is -2.30. The molecule has 0 saturated heterocycles. The lowest BCUT2D eigenvalue weighted by atomic mass is 10.0. The Morgan fingerprint density at radius 1 is 0.370 bits per heavy atom. The normalized spacial score (nSPS) is 14.5. The van der Waals surface area contributed by atoms with Crippen molar-refractivity contribution >= 4 is 39.5 Å². The van der Waals surface area contributed by atoms with Gasteiger partial charge < -0.3 is 33.8 Å². The molecular weight excluding hydrogens is 983 g/mol. The standard InChI is InChI=1S/C54H104O17P2/c1-6-9-12-15-18-21-27-32-37-51(56)64-43-49(70-53(58)39-34-29-23-20-17-14-11-8-3)45-68-72(60,61)66-41-48(55)42-67-73(62,63)69-46-50(44-65-52(57)38-33-28-22-19-16-13-10-7-2)71-54(59)40-35-30-25-24-26-31-36-47(4)5/h47-50,55H,6-46H2,1-5H3,(H,60,61)(H,62,63)/t48-,49+,50+/m0/s1. The summed E-state index contributed by atoms with van der Waals surface area (Å²) in [5, 5.41) is 10.4. The molecule has 0 heterocycles. The number of rotatable bonds is 54. The molecular formula is C54H104O17P2. The number of carbonyl (C=O) groups excluding carboxylic acids is 4. The Bertz CT molecular complexity index is 1450. The highest BCUT2D eigenvalue weighted by Gasteiger charge is 2.30. The molecule has 0 aliphatic rings. The Labute approximate surface area is 441 Å². The summed E-state index contributed by atoms with van der Waals surface area (Å²) < 4.78 is 67.3. The van der Waals surface area contributed by atoms with Crippen LogP contribution in [0.1, 0.15) is 259 Å². The van der Waals surface area contributed by atoms with E-state index in [0.29, 0.717) is 31.6 Å². The van der Waals surface area contributed by atoms with Gasteiger partial charge in [0.2, 0.25) is 0 Å². The van der Waals surface area contributed by atoms with Gasteiger partial charge in [0.1, 0.15) is 19.3 Å². The lowest BCUT2D eigenvalue weighted by Gasteiger charge is -2.21. The van der Waals surface area contributed by atoms with Gasteiger partial charge in [0.15, 0.2) is 12.2 Å². The number of phosphoric acid groups is 2. The number of aliphatic hydroxyl groups excluding tert-OH is 1. The minimum absolute atomic E-state index is 0.102. The van der Waals surface area contributed by atoms with E-state index in [9.17, 15) is 43.2 Å². The minimum atomic E-state index is -4.93. The number of unbranched alkanes of at least 4 members (excludes halogenated alkanes) is 26. The second-order valence-corrected chi connectivity index (χ2v) is 23.0. The van der Waals surface area contributed by atoms with Crippen LogP contribution in [0.3, 0.4) is 0 Å². The first-order chi connectivity index (χ1) is 35.0. The molecule has 0 aromatic carbocycles. The molecule has 3 N–H and O–H groups in total. The van der Waals surface area contributed by atoms with E-state index in [2.05, 4.69) is 34.6 Å². The van der Waals surface area contributed by atoms with E-state index in [1.54, 1.807) is 0 Å². The van der Waals surface area contributed by atoms with Crippen LogP contribution in [0.25, 0.3) is 0 Å². The number of phosphoric ester groups is 2. The predicted molar refractivity (Wildman–Crippen MR) is 285 cm³/mol. The molecule has 73 heavy (non-hydrogen) atoms. The van der Waals surface area contributed by atoms with Gasteiger partial charge in [0.25, 0.3) is 0 Å². The maximum atomic E-state index is 12.8. The van der Waals surface area contributed by atoms with Gasteiger partial charge >= 0.3 is 39.5 Å². The summed E-state index contributed by atoms with van der Waals surface area (Å²) in [6, 6.07) is 0. The molecule has 0 fully saturated rings. The van der Waals surface area contributed by atoms with Gasteiger partial charge in [0, 0.05) is 25.7 Å². The first kappa shape index (κ1) is 71.1. The fourth-order valence-electron chi connectivity index (χ4n) is 7.81. The third-order valence-corrected chi connectivity index (χ3v) is 14.2. The molecule has 0 radical (unpaired) electrons. The molecule has 0 amide bonds. The number of hydrogen-bond donors (Lipinski definition) is 3. The van der Waals surface area contributed by atoms with Crippen LogP contribution in [0.2, 0.25) is 0 Å². The Hall–Kier alpha value is -1.94. The van der Waals surface area contributed by atoms with Gasteiger partial charge in [-0.3, -0.25) is 37.3 Å². The van der Waals surface area contributed by atoms with E-state index < -0.39 is 97.5 Å². The largest absolute Gasteiger partial charge is 0.472 e. The molecule has 0 saturated carbocycles. The summed E-state index contributed by atoms with van der Waals surface area (Å²) in [7, 11) is -9.85. The molecule has 0 rings (SSSR count). The lowest BCUT2D eigenvalue weighted by molar-refractivity contribution is -0.161. The molecule has 0 aromatic rings. The van der Waals surface area contributed by atoms with Gasteiger partial charge in [-0.2, -0.15) is 0 Å². The van der Waals surface area contributed by atoms with Crippen LogP contribution in [-0.2, 0) is 65.4 Å².